The van der Waals surface area contributed by atoms with Crippen LogP contribution in [-0.4, -0.2) is 27.9 Å². The maximum atomic E-state index is 13.8. The van der Waals surface area contributed by atoms with Crippen LogP contribution in [0.25, 0.3) is 22.6 Å². The van der Waals surface area contributed by atoms with Crippen LogP contribution in [0.5, 0.6) is 0 Å². The molecule has 0 saturated carbocycles. The summed E-state index contributed by atoms with van der Waals surface area (Å²) < 4.78 is 5.78. The van der Waals surface area contributed by atoms with E-state index in [4.69, 9.17) is 21.3 Å². The predicted molar refractivity (Wildman–Crippen MR) is 158 cm³/mol. The predicted octanol–water partition coefficient (Wildman–Crippen LogP) is 7.68. The smallest absolute Gasteiger partial charge is 0.339 e. The zero-order valence-corrected chi connectivity index (χ0v) is 23.9. The summed E-state index contributed by atoms with van der Waals surface area (Å²) in [4.78, 5) is 37.0. The number of anilines is 1. The van der Waals surface area contributed by atoms with Crippen LogP contribution < -0.4 is 5.32 Å². The Morgan fingerprint density at radius 3 is 2.62 bits per heavy atom. The number of allylic oxidation sites excluding steroid dienone is 1. The number of esters is 1. The van der Waals surface area contributed by atoms with E-state index < -0.39 is 18.0 Å². The summed E-state index contributed by atoms with van der Waals surface area (Å²) in [5, 5.41) is 5.91. The van der Waals surface area contributed by atoms with Crippen LogP contribution in [0, 0.1) is 11.3 Å². The van der Waals surface area contributed by atoms with Crippen molar-refractivity contribution in [3.8, 4) is 0 Å². The SMILES string of the molecule is C[C@H](OC(=O)c1c2c(nc3ccccc13)/C(=C/c1cccs1)C[C@@H](C(C)(C)C)C2)C(=O)Nc1ccc(Cl)cn1. The highest BCUT2D eigenvalue weighted by molar-refractivity contribution is 7.10. The molecular weight excluding hydrogens is 530 g/mol. The van der Waals surface area contributed by atoms with Crippen molar-refractivity contribution >= 4 is 63.2 Å². The summed E-state index contributed by atoms with van der Waals surface area (Å²) in [5.74, 6) is -0.393. The number of hydrogen-bond donors (Lipinski definition) is 1. The Balaban J connectivity index is 1.55. The minimum Gasteiger partial charge on any atom is -0.449 e. The molecular formula is C31H30ClN3O3S. The standard InChI is InChI=1S/C31H30ClN3O3S/c1-18(29(36)35-26-12-11-21(32)17-33-26)38-30(37)27-23-9-5-6-10-25(23)34-28-19(15-22-8-7-13-39-22)14-20(16-24(27)28)31(2,3)4/h5-13,15,17-18,20H,14,16H2,1-4H3,(H,33,35,36)/b19-15+/t18-,20+/m0/s1. The molecule has 200 valence electrons. The molecule has 39 heavy (non-hydrogen) atoms. The Morgan fingerprint density at radius 1 is 1.13 bits per heavy atom. The average Bonchev–Trinajstić information content (AvgIpc) is 3.41. The highest BCUT2D eigenvalue weighted by atomic mass is 35.5. The third-order valence-electron chi connectivity index (χ3n) is 7.13. The van der Waals surface area contributed by atoms with Gasteiger partial charge in [-0.1, -0.05) is 56.6 Å². The fraction of sp³-hybridized carbons (Fsp3) is 0.290. The fourth-order valence-electron chi connectivity index (χ4n) is 4.87. The number of amides is 1. The van der Waals surface area contributed by atoms with Crippen molar-refractivity contribution in [1.82, 2.24) is 9.97 Å². The third kappa shape index (κ3) is 5.89. The van der Waals surface area contributed by atoms with Crippen LogP contribution in [0.2, 0.25) is 5.02 Å². The van der Waals surface area contributed by atoms with E-state index >= 15 is 0 Å². The molecule has 2 atom stereocenters. The number of fused-ring (bicyclic) bond motifs is 2. The molecule has 0 spiro atoms. The van der Waals surface area contributed by atoms with E-state index in [1.807, 2.05) is 30.3 Å². The molecule has 0 fully saturated rings. The molecule has 3 heterocycles. The number of ether oxygens (including phenoxy) is 1. The molecule has 4 aromatic rings. The largest absolute Gasteiger partial charge is 0.449 e. The van der Waals surface area contributed by atoms with Gasteiger partial charge in [0.15, 0.2) is 6.10 Å². The first kappa shape index (κ1) is 27.0. The van der Waals surface area contributed by atoms with Gasteiger partial charge < -0.3 is 10.1 Å². The number of halogens is 1. The number of nitrogens with one attached hydrogen (secondary N) is 1. The lowest BCUT2D eigenvalue weighted by Crippen LogP contribution is -2.32. The van der Waals surface area contributed by atoms with E-state index in [0.717, 1.165) is 39.0 Å². The van der Waals surface area contributed by atoms with Crippen molar-refractivity contribution < 1.29 is 14.3 Å². The van der Waals surface area contributed by atoms with Crippen LogP contribution >= 0.6 is 22.9 Å². The number of rotatable bonds is 5. The summed E-state index contributed by atoms with van der Waals surface area (Å²) in [6.07, 6.45) is 4.14. The molecule has 1 aromatic carbocycles. The second-order valence-electron chi connectivity index (χ2n) is 10.9. The van der Waals surface area contributed by atoms with Crippen LogP contribution in [0.3, 0.4) is 0 Å². The number of hydrogen-bond acceptors (Lipinski definition) is 6. The first-order valence-corrected chi connectivity index (χ1v) is 14.2. The summed E-state index contributed by atoms with van der Waals surface area (Å²) >= 11 is 7.56. The molecule has 5 rings (SSSR count). The minimum absolute atomic E-state index is 0.0117. The Bertz CT molecular complexity index is 1560. The Hall–Kier alpha value is -3.55. The fourth-order valence-corrected chi connectivity index (χ4v) is 5.66. The number of carbonyl (C=O) groups excluding carboxylic acids is 2. The van der Waals surface area contributed by atoms with Gasteiger partial charge in [0.05, 0.1) is 21.8 Å². The monoisotopic (exact) mass is 559 g/mol. The highest BCUT2D eigenvalue weighted by Gasteiger charge is 2.36. The summed E-state index contributed by atoms with van der Waals surface area (Å²) in [6, 6.07) is 14.9. The molecule has 0 unspecified atom stereocenters. The normalized spacial score (nSPS) is 17.1. The maximum Gasteiger partial charge on any atom is 0.339 e. The molecule has 1 N–H and O–H groups in total. The van der Waals surface area contributed by atoms with Crippen molar-refractivity contribution in [1.29, 1.82) is 0 Å². The number of thiophene rings is 1. The summed E-state index contributed by atoms with van der Waals surface area (Å²) in [6.45, 7) is 8.25. The molecule has 3 aromatic heterocycles. The highest BCUT2D eigenvalue weighted by Crippen LogP contribution is 2.45. The third-order valence-corrected chi connectivity index (χ3v) is 8.18. The van der Waals surface area contributed by atoms with Crippen LogP contribution in [-0.2, 0) is 16.0 Å². The van der Waals surface area contributed by atoms with E-state index in [1.54, 1.807) is 30.4 Å². The first-order valence-electron chi connectivity index (χ1n) is 12.9. The van der Waals surface area contributed by atoms with Crippen molar-refractivity contribution in [3.63, 3.8) is 0 Å². The van der Waals surface area contributed by atoms with Gasteiger partial charge in [-0.3, -0.25) is 4.79 Å². The van der Waals surface area contributed by atoms with Gasteiger partial charge in [0.2, 0.25) is 0 Å². The van der Waals surface area contributed by atoms with E-state index in [0.29, 0.717) is 28.7 Å². The van der Waals surface area contributed by atoms with Crippen molar-refractivity contribution in [2.75, 3.05) is 5.32 Å². The molecule has 1 aliphatic carbocycles. The van der Waals surface area contributed by atoms with Gasteiger partial charge in [0.25, 0.3) is 5.91 Å². The molecule has 0 bridgehead atoms. The number of benzene rings is 1. The molecule has 0 saturated heterocycles. The topological polar surface area (TPSA) is 81.2 Å². The average molecular weight is 560 g/mol. The molecule has 6 nitrogen and oxygen atoms in total. The van der Waals surface area contributed by atoms with Gasteiger partial charge in [0.1, 0.15) is 5.82 Å². The van der Waals surface area contributed by atoms with Crippen molar-refractivity contribution in [3.05, 3.63) is 86.8 Å². The first-order chi connectivity index (χ1) is 18.6. The van der Waals surface area contributed by atoms with Crippen LogP contribution in [0.15, 0.2) is 60.1 Å². The van der Waals surface area contributed by atoms with Gasteiger partial charge >= 0.3 is 5.97 Å². The van der Waals surface area contributed by atoms with Gasteiger partial charge in [-0.2, -0.15) is 0 Å². The van der Waals surface area contributed by atoms with E-state index in [2.05, 4.69) is 48.6 Å². The zero-order valence-electron chi connectivity index (χ0n) is 22.3. The number of nitrogens with zero attached hydrogens (tertiary/aromatic N) is 2. The lowest BCUT2D eigenvalue weighted by Gasteiger charge is -2.36. The Morgan fingerprint density at radius 2 is 1.92 bits per heavy atom. The molecule has 1 aliphatic rings. The van der Waals surface area contributed by atoms with Crippen LogP contribution in [0.1, 0.15) is 60.6 Å². The number of aromatic nitrogens is 2. The lowest BCUT2D eigenvalue weighted by atomic mass is 9.69. The number of pyridine rings is 2. The zero-order chi connectivity index (χ0) is 27.7. The number of para-hydroxylation sites is 1. The molecule has 1 amide bonds. The summed E-state index contributed by atoms with van der Waals surface area (Å²) in [7, 11) is 0. The number of carbonyl (C=O) groups is 2. The lowest BCUT2D eigenvalue weighted by molar-refractivity contribution is -0.123. The Kier molecular flexibility index (Phi) is 7.56. The second kappa shape index (κ2) is 10.9. The molecule has 0 radical (unpaired) electrons. The van der Waals surface area contributed by atoms with Gasteiger partial charge in [-0.25, -0.2) is 14.8 Å². The quantitative estimate of drug-likeness (QED) is 0.254. The van der Waals surface area contributed by atoms with Crippen molar-refractivity contribution in [2.45, 2.75) is 46.6 Å². The van der Waals surface area contributed by atoms with Gasteiger partial charge in [-0.05, 0) is 78.0 Å². The molecule has 8 heteroatoms. The van der Waals surface area contributed by atoms with Gasteiger partial charge in [-0.15, -0.1) is 11.3 Å². The van der Waals surface area contributed by atoms with Crippen LogP contribution in [0.4, 0.5) is 5.82 Å². The Labute approximate surface area is 237 Å². The molecule has 0 aliphatic heterocycles. The van der Waals surface area contributed by atoms with Gasteiger partial charge in [0, 0.05) is 16.5 Å². The summed E-state index contributed by atoms with van der Waals surface area (Å²) in [5.41, 5.74) is 4.02. The minimum atomic E-state index is -1.04. The van der Waals surface area contributed by atoms with E-state index in [9.17, 15) is 9.59 Å². The van der Waals surface area contributed by atoms with E-state index in [1.165, 1.54) is 6.20 Å². The van der Waals surface area contributed by atoms with Crippen molar-refractivity contribution in [2.24, 2.45) is 11.3 Å². The second-order valence-corrected chi connectivity index (χ2v) is 12.3. The van der Waals surface area contributed by atoms with E-state index in [-0.39, 0.29) is 5.41 Å². The maximum absolute atomic E-state index is 13.8.